The Bertz CT molecular complexity index is 1320. The number of carbonyl (C=O) groups is 1. The van der Waals surface area contributed by atoms with Crippen LogP contribution < -0.4 is 5.32 Å². The van der Waals surface area contributed by atoms with Crippen LogP contribution in [0.15, 0.2) is 60.9 Å². The highest BCUT2D eigenvalue weighted by molar-refractivity contribution is 5.94. The van der Waals surface area contributed by atoms with Gasteiger partial charge in [0.1, 0.15) is 0 Å². The van der Waals surface area contributed by atoms with Crippen LogP contribution in [0.1, 0.15) is 78.6 Å². The van der Waals surface area contributed by atoms with Crippen molar-refractivity contribution in [2.24, 2.45) is 0 Å². The molecule has 2 N–H and O–H groups in total. The molecule has 1 aliphatic rings. The maximum Gasteiger partial charge on any atom is 0.287 e. The Kier molecular flexibility index (Phi) is 7.60. The fourth-order valence-electron chi connectivity index (χ4n) is 5.39. The predicted octanol–water partition coefficient (Wildman–Crippen LogP) is 5.53. The summed E-state index contributed by atoms with van der Waals surface area (Å²) in [5.74, 6) is 0.675. The van der Waals surface area contributed by atoms with Crippen molar-refractivity contribution in [3.8, 4) is 0 Å². The van der Waals surface area contributed by atoms with Crippen molar-refractivity contribution in [3.63, 3.8) is 0 Å². The second-order valence-corrected chi connectivity index (χ2v) is 10.4. The quantitative estimate of drug-likeness (QED) is 0.335. The van der Waals surface area contributed by atoms with Gasteiger partial charge in [0.15, 0.2) is 5.82 Å². The van der Waals surface area contributed by atoms with E-state index in [1.165, 1.54) is 11.1 Å². The van der Waals surface area contributed by atoms with E-state index in [9.17, 15) is 4.79 Å². The van der Waals surface area contributed by atoms with Gasteiger partial charge >= 0.3 is 0 Å². The molecule has 4 aromatic rings. The third kappa shape index (κ3) is 5.88. The highest BCUT2D eigenvalue weighted by atomic mass is 16.2. The molecule has 0 saturated heterocycles. The molecule has 0 bridgehead atoms. The van der Waals surface area contributed by atoms with E-state index in [4.69, 9.17) is 4.98 Å². The number of nitrogens with one attached hydrogen (secondary N) is 2. The zero-order valence-electron chi connectivity index (χ0n) is 21.9. The van der Waals surface area contributed by atoms with Crippen LogP contribution in [-0.4, -0.2) is 42.8 Å². The second-order valence-electron chi connectivity index (χ2n) is 10.4. The molecule has 1 aromatic carbocycles. The Morgan fingerprint density at radius 2 is 1.68 bits per heavy atom. The molecule has 192 valence electrons. The summed E-state index contributed by atoms with van der Waals surface area (Å²) in [5, 5.41) is 3.21. The van der Waals surface area contributed by atoms with E-state index in [0.717, 1.165) is 61.2 Å². The number of rotatable bonds is 8. The number of nitrogens with zero attached hydrogens (tertiary/aromatic N) is 4. The Balaban J connectivity index is 1.27. The molecule has 7 nitrogen and oxygen atoms in total. The lowest BCUT2D eigenvalue weighted by molar-refractivity contribution is 0.0881. The highest BCUT2D eigenvalue weighted by Crippen LogP contribution is 2.28. The van der Waals surface area contributed by atoms with Gasteiger partial charge in [-0.05, 0) is 73.9 Å². The molecule has 0 spiro atoms. The largest absolute Gasteiger partial charge is 0.347 e. The van der Waals surface area contributed by atoms with Gasteiger partial charge in [0, 0.05) is 37.6 Å². The normalized spacial score (nSPS) is 18.0. The van der Waals surface area contributed by atoms with Gasteiger partial charge < -0.3 is 10.3 Å². The van der Waals surface area contributed by atoms with E-state index in [1.54, 1.807) is 0 Å². The molecular formula is C30H36N6O. The first-order valence-corrected chi connectivity index (χ1v) is 13.3. The van der Waals surface area contributed by atoms with Crippen molar-refractivity contribution in [3.05, 3.63) is 89.3 Å². The van der Waals surface area contributed by atoms with E-state index in [1.807, 2.05) is 48.8 Å². The van der Waals surface area contributed by atoms with E-state index >= 15 is 0 Å². The Hall–Kier alpha value is -3.58. The molecule has 0 aliphatic heterocycles. The van der Waals surface area contributed by atoms with E-state index < -0.39 is 0 Å². The van der Waals surface area contributed by atoms with Crippen molar-refractivity contribution >= 4 is 16.9 Å². The molecule has 5 rings (SSSR count). The summed E-state index contributed by atoms with van der Waals surface area (Å²) >= 11 is 0. The number of para-hydroxylation sites is 2. The van der Waals surface area contributed by atoms with Crippen molar-refractivity contribution in [2.45, 2.75) is 77.5 Å². The van der Waals surface area contributed by atoms with Crippen LogP contribution in [0.3, 0.4) is 0 Å². The van der Waals surface area contributed by atoms with Gasteiger partial charge in [-0.1, -0.05) is 38.1 Å². The minimum absolute atomic E-state index is 0.129. The fourth-order valence-corrected chi connectivity index (χ4v) is 5.39. The summed E-state index contributed by atoms with van der Waals surface area (Å²) in [6.45, 7) is 8.17. The Morgan fingerprint density at radius 1 is 0.973 bits per heavy atom. The van der Waals surface area contributed by atoms with Crippen LogP contribution in [0, 0.1) is 6.92 Å². The predicted molar refractivity (Wildman–Crippen MR) is 146 cm³/mol. The van der Waals surface area contributed by atoms with E-state index in [-0.39, 0.29) is 11.9 Å². The molecule has 37 heavy (non-hydrogen) atoms. The Labute approximate surface area is 218 Å². The molecule has 3 aromatic heterocycles. The summed E-state index contributed by atoms with van der Waals surface area (Å²) in [5.41, 5.74) is 6.47. The average molecular weight is 497 g/mol. The number of amides is 1. The van der Waals surface area contributed by atoms with Gasteiger partial charge in [-0.2, -0.15) is 0 Å². The zero-order chi connectivity index (χ0) is 25.8. The molecule has 1 fully saturated rings. The lowest BCUT2D eigenvalue weighted by Gasteiger charge is -2.37. The monoisotopic (exact) mass is 496 g/mol. The summed E-state index contributed by atoms with van der Waals surface area (Å²) in [7, 11) is 0. The number of imidazole rings is 1. The first-order chi connectivity index (χ1) is 18.0. The van der Waals surface area contributed by atoms with Crippen LogP contribution in [0.5, 0.6) is 0 Å². The van der Waals surface area contributed by atoms with E-state index in [2.05, 4.69) is 58.1 Å². The van der Waals surface area contributed by atoms with Crippen LogP contribution in [0.2, 0.25) is 0 Å². The topological polar surface area (TPSA) is 86.8 Å². The van der Waals surface area contributed by atoms with Crippen molar-refractivity contribution in [1.82, 2.24) is 30.2 Å². The lowest BCUT2D eigenvalue weighted by atomic mass is 9.89. The van der Waals surface area contributed by atoms with Crippen LogP contribution in [-0.2, 0) is 13.1 Å². The minimum Gasteiger partial charge on any atom is -0.347 e. The maximum absolute atomic E-state index is 12.9. The first-order valence-electron chi connectivity index (χ1n) is 13.3. The number of aromatic nitrogens is 4. The van der Waals surface area contributed by atoms with Gasteiger partial charge in [0.25, 0.3) is 5.91 Å². The van der Waals surface area contributed by atoms with Crippen molar-refractivity contribution < 1.29 is 4.79 Å². The Morgan fingerprint density at radius 3 is 2.41 bits per heavy atom. The number of carbonyl (C=O) groups excluding carboxylic acids is 1. The van der Waals surface area contributed by atoms with Crippen LogP contribution in [0.25, 0.3) is 11.0 Å². The molecule has 1 aliphatic carbocycles. The highest BCUT2D eigenvalue weighted by Gasteiger charge is 2.29. The second kappa shape index (κ2) is 11.2. The van der Waals surface area contributed by atoms with Crippen LogP contribution in [0.4, 0.5) is 0 Å². The first kappa shape index (κ1) is 25.1. The van der Waals surface area contributed by atoms with Crippen molar-refractivity contribution in [1.29, 1.82) is 0 Å². The number of aromatic amines is 1. The van der Waals surface area contributed by atoms with Gasteiger partial charge in [0.05, 0.1) is 22.4 Å². The number of pyridine rings is 2. The minimum atomic E-state index is -0.129. The molecule has 0 atom stereocenters. The SMILES string of the molecule is Cc1cccnc1CN(Cc1ncccc1C(C)C)C1CCC(NC(=O)c2nc3ccccc3[nH]2)CC1. The van der Waals surface area contributed by atoms with E-state index in [0.29, 0.717) is 17.8 Å². The van der Waals surface area contributed by atoms with Gasteiger partial charge in [-0.3, -0.25) is 19.7 Å². The number of hydrogen-bond acceptors (Lipinski definition) is 5. The molecule has 3 heterocycles. The molecule has 0 radical (unpaired) electrons. The number of fused-ring (bicyclic) bond motifs is 1. The smallest absolute Gasteiger partial charge is 0.287 e. The standard InChI is InChI=1S/C30H36N6O/c1-20(2)24-9-7-17-32-28(24)19-36(18-27-21(3)8-6-16-31-27)23-14-12-22(13-15-23)33-30(37)29-34-25-10-4-5-11-26(25)35-29/h4-11,16-17,20,22-23H,12-15,18-19H2,1-3H3,(H,33,37)(H,34,35). The molecular weight excluding hydrogens is 460 g/mol. The third-order valence-corrected chi connectivity index (χ3v) is 7.52. The molecule has 1 amide bonds. The van der Waals surface area contributed by atoms with Gasteiger partial charge in [0.2, 0.25) is 0 Å². The number of H-pyrrole nitrogens is 1. The maximum atomic E-state index is 12.9. The van der Waals surface area contributed by atoms with Gasteiger partial charge in [-0.15, -0.1) is 0 Å². The zero-order valence-corrected chi connectivity index (χ0v) is 21.9. The third-order valence-electron chi connectivity index (χ3n) is 7.52. The molecule has 7 heteroatoms. The summed E-state index contributed by atoms with van der Waals surface area (Å²) in [6, 6.07) is 16.6. The summed E-state index contributed by atoms with van der Waals surface area (Å²) < 4.78 is 0. The number of hydrogen-bond donors (Lipinski definition) is 2. The lowest BCUT2D eigenvalue weighted by Crippen LogP contribution is -2.44. The van der Waals surface area contributed by atoms with Gasteiger partial charge in [-0.25, -0.2) is 4.98 Å². The van der Waals surface area contributed by atoms with Crippen molar-refractivity contribution in [2.75, 3.05) is 0 Å². The number of benzene rings is 1. The fraction of sp³-hybridized carbons (Fsp3) is 0.400. The number of aryl methyl sites for hydroxylation is 1. The molecule has 1 saturated carbocycles. The summed E-state index contributed by atoms with van der Waals surface area (Å²) in [4.78, 5) is 32.5. The van der Waals surface area contributed by atoms with Crippen LogP contribution >= 0.6 is 0 Å². The average Bonchev–Trinajstić information content (AvgIpc) is 3.35. The summed E-state index contributed by atoms with van der Waals surface area (Å²) in [6.07, 6.45) is 7.68. The molecule has 0 unspecified atom stereocenters.